The van der Waals surface area contributed by atoms with Crippen LogP contribution < -0.4 is 5.32 Å². The highest BCUT2D eigenvalue weighted by molar-refractivity contribution is 5.74. The molecule has 1 N–H and O–H groups in total. The van der Waals surface area contributed by atoms with Gasteiger partial charge < -0.3 is 19.3 Å². The van der Waals surface area contributed by atoms with Gasteiger partial charge in [0.05, 0.1) is 6.04 Å². The van der Waals surface area contributed by atoms with Gasteiger partial charge >= 0.3 is 6.03 Å². The van der Waals surface area contributed by atoms with Crippen molar-refractivity contribution in [2.24, 2.45) is 0 Å². The van der Waals surface area contributed by atoms with Crippen molar-refractivity contribution in [2.75, 3.05) is 6.54 Å². The van der Waals surface area contributed by atoms with Gasteiger partial charge in [-0.15, -0.1) is 10.2 Å². The molecular formula is C19H25N7O2. The molecule has 0 bridgehead atoms. The number of hydrogen-bond acceptors (Lipinski definition) is 6. The maximum atomic E-state index is 12.7. The lowest BCUT2D eigenvalue weighted by atomic mass is 10.1. The van der Waals surface area contributed by atoms with Gasteiger partial charge in [0.2, 0.25) is 11.7 Å². The largest absolute Gasteiger partial charge is 0.337 e. The van der Waals surface area contributed by atoms with Crippen LogP contribution in [0.25, 0.3) is 11.4 Å². The van der Waals surface area contributed by atoms with Crippen LogP contribution in [0.2, 0.25) is 0 Å². The summed E-state index contributed by atoms with van der Waals surface area (Å²) >= 11 is 0. The molecule has 1 unspecified atom stereocenters. The molecule has 0 saturated carbocycles. The lowest BCUT2D eigenvalue weighted by molar-refractivity contribution is 0.186. The highest BCUT2D eigenvalue weighted by Gasteiger charge is 2.21. The second-order valence-corrected chi connectivity index (χ2v) is 6.54. The summed E-state index contributed by atoms with van der Waals surface area (Å²) in [5, 5.41) is 15.0. The Morgan fingerprint density at radius 1 is 1.29 bits per heavy atom. The second-order valence-electron chi connectivity index (χ2n) is 6.54. The Balaban J connectivity index is 1.65. The Morgan fingerprint density at radius 2 is 2.04 bits per heavy atom. The zero-order valence-electron chi connectivity index (χ0n) is 16.6. The van der Waals surface area contributed by atoms with Crippen molar-refractivity contribution in [3.8, 4) is 11.4 Å². The number of rotatable bonds is 7. The van der Waals surface area contributed by atoms with Crippen molar-refractivity contribution >= 4 is 6.03 Å². The summed E-state index contributed by atoms with van der Waals surface area (Å²) in [6, 6.07) is 7.38. The van der Waals surface area contributed by atoms with Gasteiger partial charge in [0.25, 0.3) is 0 Å². The molecule has 2 aromatic heterocycles. The first kappa shape index (κ1) is 19.5. The van der Waals surface area contributed by atoms with Crippen molar-refractivity contribution in [1.29, 1.82) is 0 Å². The SMILES string of the molecule is CCN(Cc1nc(-c2ccc(C)cc2)no1)C(=O)NC(C)c1nncn1CC. The average molecular weight is 383 g/mol. The van der Waals surface area contributed by atoms with E-state index in [4.69, 9.17) is 4.52 Å². The van der Waals surface area contributed by atoms with Crippen molar-refractivity contribution in [1.82, 2.24) is 35.1 Å². The van der Waals surface area contributed by atoms with Gasteiger partial charge in [-0.1, -0.05) is 35.0 Å². The number of amides is 2. The van der Waals surface area contributed by atoms with Crippen LogP contribution >= 0.6 is 0 Å². The molecule has 3 aromatic rings. The van der Waals surface area contributed by atoms with Crippen LogP contribution in [0.4, 0.5) is 4.79 Å². The molecular weight excluding hydrogens is 358 g/mol. The quantitative estimate of drug-likeness (QED) is 0.673. The number of nitrogens with one attached hydrogen (secondary N) is 1. The molecule has 148 valence electrons. The minimum atomic E-state index is -0.269. The third-order valence-corrected chi connectivity index (χ3v) is 4.49. The Hall–Kier alpha value is -3.23. The summed E-state index contributed by atoms with van der Waals surface area (Å²) in [5.74, 6) is 1.61. The van der Waals surface area contributed by atoms with Gasteiger partial charge in [-0.2, -0.15) is 4.98 Å². The first-order valence-electron chi connectivity index (χ1n) is 9.34. The first-order chi connectivity index (χ1) is 13.5. The number of aryl methyl sites for hydroxylation is 2. The monoisotopic (exact) mass is 383 g/mol. The summed E-state index contributed by atoms with van der Waals surface area (Å²) in [6.07, 6.45) is 1.65. The minimum Gasteiger partial charge on any atom is -0.337 e. The van der Waals surface area contributed by atoms with Crippen molar-refractivity contribution in [2.45, 2.75) is 46.8 Å². The highest BCUT2D eigenvalue weighted by atomic mass is 16.5. The number of urea groups is 1. The third-order valence-electron chi connectivity index (χ3n) is 4.49. The van der Waals surface area contributed by atoms with Crippen LogP contribution in [-0.4, -0.2) is 42.4 Å². The molecule has 0 spiro atoms. The summed E-state index contributed by atoms with van der Waals surface area (Å²) < 4.78 is 7.23. The number of nitrogens with zero attached hydrogens (tertiary/aromatic N) is 6. The second kappa shape index (κ2) is 8.64. The summed E-state index contributed by atoms with van der Waals surface area (Å²) in [6.45, 7) is 9.27. The Kier molecular flexibility index (Phi) is 6.03. The fraction of sp³-hybridized carbons (Fsp3) is 0.421. The summed E-state index contributed by atoms with van der Waals surface area (Å²) in [7, 11) is 0. The van der Waals surface area contributed by atoms with E-state index in [1.807, 2.05) is 56.5 Å². The van der Waals surface area contributed by atoms with Crippen LogP contribution in [-0.2, 0) is 13.1 Å². The zero-order valence-corrected chi connectivity index (χ0v) is 16.6. The van der Waals surface area contributed by atoms with Gasteiger partial charge in [-0.25, -0.2) is 4.79 Å². The molecule has 2 heterocycles. The number of aromatic nitrogens is 5. The maximum Gasteiger partial charge on any atom is 0.318 e. The molecule has 0 radical (unpaired) electrons. The van der Waals surface area contributed by atoms with E-state index in [1.54, 1.807) is 11.2 Å². The highest BCUT2D eigenvalue weighted by Crippen LogP contribution is 2.17. The third kappa shape index (κ3) is 4.36. The molecule has 0 aliphatic rings. The fourth-order valence-electron chi connectivity index (χ4n) is 2.81. The Labute approximate surface area is 163 Å². The van der Waals surface area contributed by atoms with E-state index in [-0.39, 0.29) is 18.6 Å². The van der Waals surface area contributed by atoms with Gasteiger partial charge in [-0.3, -0.25) is 0 Å². The van der Waals surface area contributed by atoms with E-state index in [0.29, 0.717) is 24.1 Å². The summed E-state index contributed by atoms with van der Waals surface area (Å²) in [4.78, 5) is 18.7. The van der Waals surface area contributed by atoms with Crippen LogP contribution in [0.15, 0.2) is 35.1 Å². The molecule has 0 fully saturated rings. The van der Waals surface area contributed by atoms with Crippen molar-refractivity contribution in [3.05, 3.63) is 47.9 Å². The van der Waals surface area contributed by atoms with Crippen LogP contribution in [0.1, 0.15) is 44.1 Å². The predicted octanol–water partition coefficient (Wildman–Crippen LogP) is 2.95. The number of carbonyl (C=O) groups excluding carboxylic acids is 1. The van der Waals surface area contributed by atoms with Crippen LogP contribution in [0, 0.1) is 6.92 Å². The standard InChI is InChI=1S/C19H25N7O2/c1-5-25(19(27)21-14(4)18-23-20-12-26(18)6-2)11-16-22-17(24-28-16)15-9-7-13(3)8-10-15/h7-10,12,14H,5-6,11H2,1-4H3,(H,21,27). The van der Waals surface area contributed by atoms with E-state index < -0.39 is 0 Å². The smallest absolute Gasteiger partial charge is 0.318 e. The van der Waals surface area contributed by atoms with E-state index in [0.717, 1.165) is 17.7 Å². The Bertz CT molecular complexity index is 917. The molecule has 3 rings (SSSR count). The molecule has 0 aliphatic heterocycles. The molecule has 0 aliphatic carbocycles. The predicted molar refractivity (Wildman–Crippen MR) is 103 cm³/mol. The molecule has 1 aromatic carbocycles. The number of hydrogen-bond donors (Lipinski definition) is 1. The lowest BCUT2D eigenvalue weighted by Crippen LogP contribution is -2.41. The zero-order chi connectivity index (χ0) is 20.1. The van der Waals surface area contributed by atoms with Crippen molar-refractivity contribution in [3.63, 3.8) is 0 Å². The Morgan fingerprint density at radius 3 is 2.71 bits per heavy atom. The van der Waals surface area contributed by atoms with Crippen LogP contribution in [0.5, 0.6) is 0 Å². The number of benzene rings is 1. The van der Waals surface area contributed by atoms with Crippen molar-refractivity contribution < 1.29 is 9.32 Å². The molecule has 2 amide bonds. The van der Waals surface area contributed by atoms with Crippen LogP contribution in [0.3, 0.4) is 0 Å². The first-order valence-corrected chi connectivity index (χ1v) is 9.34. The number of carbonyl (C=O) groups is 1. The maximum absolute atomic E-state index is 12.7. The average Bonchev–Trinajstić information content (AvgIpc) is 3.35. The van der Waals surface area contributed by atoms with Gasteiger partial charge in [0.15, 0.2) is 5.82 Å². The molecule has 9 heteroatoms. The molecule has 28 heavy (non-hydrogen) atoms. The van der Waals surface area contributed by atoms with Gasteiger partial charge in [-0.05, 0) is 27.7 Å². The van der Waals surface area contributed by atoms with E-state index in [2.05, 4.69) is 25.7 Å². The topological polar surface area (TPSA) is 102 Å². The molecule has 1 atom stereocenters. The normalized spacial score (nSPS) is 12.0. The van der Waals surface area contributed by atoms with E-state index in [9.17, 15) is 4.79 Å². The van der Waals surface area contributed by atoms with Gasteiger partial charge in [0, 0.05) is 18.7 Å². The van der Waals surface area contributed by atoms with E-state index in [1.165, 1.54) is 0 Å². The van der Waals surface area contributed by atoms with E-state index >= 15 is 0 Å². The molecule has 0 saturated heterocycles. The molecule has 9 nitrogen and oxygen atoms in total. The lowest BCUT2D eigenvalue weighted by Gasteiger charge is -2.22. The van der Waals surface area contributed by atoms with Gasteiger partial charge in [0.1, 0.15) is 12.9 Å². The summed E-state index contributed by atoms with van der Waals surface area (Å²) in [5.41, 5.74) is 2.04. The minimum absolute atomic E-state index is 0.226. The fourth-order valence-corrected chi connectivity index (χ4v) is 2.81.